The van der Waals surface area contributed by atoms with Crippen LogP contribution in [0.1, 0.15) is 43.5 Å². The molecule has 0 fully saturated rings. The van der Waals surface area contributed by atoms with Gasteiger partial charge in [0, 0.05) is 6.20 Å². The summed E-state index contributed by atoms with van der Waals surface area (Å²) < 4.78 is 44.7. The van der Waals surface area contributed by atoms with E-state index in [1.54, 1.807) is 48.5 Å². The smallest absolute Gasteiger partial charge is 0.337 e. The zero-order chi connectivity index (χ0) is 32.8. The van der Waals surface area contributed by atoms with Crippen molar-refractivity contribution in [2.75, 3.05) is 26.9 Å². The molecule has 240 valence electrons. The van der Waals surface area contributed by atoms with Crippen LogP contribution in [0.4, 0.5) is 4.39 Å². The number of thiazole rings is 1. The van der Waals surface area contributed by atoms with E-state index in [1.807, 2.05) is 20.8 Å². The number of rotatable bonds is 12. The number of benzene rings is 3. The van der Waals surface area contributed by atoms with Gasteiger partial charge in [-0.3, -0.25) is 9.36 Å². The minimum absolute atomic E-state index is 0.132. The highest BCUT2D eigenvalue weighted by Crippen LogP contribution is 2.38. The van der Waals surface area contributed by atoms with E-state index in [0.717, 1.165) is 0 Å². The molecule has 46 heavy (non-hydrogen) atoms. The lowest BCUT2D eigenvalue weighted by atomic mass is 9.97. The molecule has 0 amide bonds. The van der Waals surface area contributed by atoms with Crippen LogP contribution < -0.4 is 33.8 Å². The molecular weight excluding hydrogens is 679 g/mol. The van der Waals surface area contributed by atoms with E-state index in [0.29, 0.717) is 73.3 Å². The van der Waals surface area contributed by atoms with Crippen LogP contribution in [0.15, 0.2) is 80.6 Å². The Balaban J connectivity index is 1.57. The van der Waals surface area contributed by atoms with E-state index in [1.165, 1.54) is 41.3 Å². The van der Waals surface area contributed by atoms with E-state index in [9.17, 15) is 14.0 Å². The summed E-state index contributed by atoms with van der Waals surface area (Å²) in [7, 11) is 1.29. The first kappa shape index (κ1) is 33.0. The van der Waals surface area contributed by atoms with E-state index in [4.69, 9.17) is 23.7 Å². The van der Waals surface area contributed by atoms with Crippen LogP contribution in [0.5, 0.6) is 23.0 Å². The molecule has 0 saturated heterocycles. The van der Waals surface area contributed by atoms with Gasteiger partial charge in [-0.05, 0) is 95.9 Å². The zero-order valence-electron chi connectivity index (χ0n) is 25.7. The predicted molar refractivity (Wildman–Crippen MR) is 176 cm³/mol. The zero-order valence-corrected chi connectivity index (χ0v) is 28.1. The molecule has 1 aromatic heterocycles. The van der Waals surface area contributed by atoms with Crippen LogP contribution in [-0.4, -0.2) is 37.5 Å². The van der Waals surface area contributed by atoms with Crippen molar-refractivity contribution >= 4 is 39.3 Å². The SMILES string of the molecule is CCOc1ccc([C@H]2C(C(=O)OC)=CN=c3s/c(=C\c4cc(Br)c(OCc5cccc(F)c5)c(OCC)c4)c(=O)n32)cc1OCC. The van der Waals surface area contributed by atoms with Gasteiger partial charge in [0.15, 0.2) is 27.8 Å². The van der Waals surface area contributed by atoms with Crippen molar-refractivity contribution in [3.63, 3.8) is 0 Å². The number of nitrogens with zero attached hydrogens (tertiary/aromatic N) is 2. The summed E-state index contributed by atoms with van der Waals surface area (Å²) in [6.07, 6.45) is 3.17. The lowest BCUT2D eigenvalue weighted by Crippen LogP contribution is -2.39. The summed E-state index contributed by atoms with van der Waals surface area (Å²) in [5.41, 5.74) is 1.83. The largest absolute Gasteiger partial charge is 0.490 e. The molecule has 0 saturated carbocycles. The molecule has 0 bridgehead atoms. The normalized spacial score (nSPS) is 14.2. The molecule has 12 heteroatoms. The topological polar surface area (TPSA) is 97.6 Å². The standard InChI is InChI=1S/C34H32BrFN2O7S/c1-5-42-26-12-11-22(17-27(26)43-6-2)30-24(33(40)41-4)18-37-34-38(30)32(39)29(46-34)16-21-14-25(35)31(28(15-21)44-7-3)45-19-20-9-8-10-23(36)13-20/h8-18,30H,5-7,19H2,1-4H3/b29-16-/t30-/m0/s1. The third-order valence-corrected chi connectivity index (χ3v) is 8.50. The second-order valence-electron chi connectivity index (χ2n) is 9.93. The maximum Gasteiger partial charge on any atom is 0.337 e. The molecule has 3 aromatic carbocycles. The molecule has 0 radical (unpaired) electrons. The Kier molecular flexibility index (Phi) is 10.6. The Morgan fingerprint density at radius 3 is 2.43 bits per heavy atom. The third kappa shape index (κ3) is 7.02. The molecular formula is C34H32BrFN2O7S. The molecule has 0 N–H and O–H groups in total. The highest BCUT2D eigenvalue weighted by molar-refractivity contribution is 9.10. The molecule has 0 aliphatic carbocycles. The van der Waals surface area contributed by atoms with Crippen molar-refractivity contribution in [1.82, 2.24) is 4.57 Å². The number of hydrogen-bond acceptors (Lipinski definition) is 9. The maximum absolute atomic E-state index is 14.0. The molecule has 1 aliphatic rings. The van der Waals surface area contributed by atoms with Gasteiger partial charge in [0.2, 0.25) is 0 Å². The van der Waals surface area contributed by atoms with Crippen LogP contribution in [0.3, 0.4) is 0 Å². The molecule has 4 aromatic rings. The van der Waals surface area contributed by atoms with Gasteiger partial charge in [-0.15, -0.1) is 0 Å². The molecule has 1 atom stereocenters. The molecule has 0 unspecified atom stereocenters. The van der Waals surface area contributed by atoms with Gasteiger partial charge >= 0.3 is 5.97 Å². The van der Waals surface area contributed by atoms with Crippen LogP contribution in [0, 0.1) is 5.82 Å². The van der Waals surface area contributed by atoms with Gasteiger partial charge in [-0.25, -0.2) is 14.2 Å². The molecule has 2 heterocycles. The summed E-state index contributed by atoms with van der Waals surface area (Å²) >= 11 is 4.77. The third-order valence-electron chi connectivity index (χ3n) is 6.91. The van der Waals surface area contributed by atoms with Gasteiger partial charge in [0.05, 0.1) is 47.6 Å². The lowest BCUT2D eigenvalue weighted by Gasteiger charge is -2.23. The summed E-state index contributed by atoms with van der Waals surface area (Å²) in [5, 5.41) is 0. The van der Waals surface area contributed by atoms with Gasteiger partial charge in [-0.1, -0.05) is 29.5 Å². The molecule has 9 nitrogen and oxygen atoms in total. The average Bonchev–Trinajstić information content (AvgIpc) is 3.35. The second kappa shape index (κ2) is 14.8. The van der Waals surface area contributed by atoms with Crippen LogP contribution in [0.25, 0.3) is 6.08 Å². The van der Waals surface area contributed by atoms with Crippen molar-refractivity contribution in [2.24, 2.45) is 4.99 Å². The predicted octanol–water partition coefficient (Wildman–Crippen LogP) is 5.69. The highest BCUT2D eigenvalue weighted by Gasteiger charge is 2.31. The van der Waals surface area contributed by atoms with Crippen molar-refractivity contribution in [2.45, 2.75) is 33.4 Å². The summed E-state index contributed by atoms with van der Waals surface area (Å²) in [6, 6.07) is 14.3. The first-order valence-corrected chi connectivity index (χ1v) is 16.2. The Morgan fingerprint density at radius 1 is 0.978 bits per heavy atom. The molecule has 0 spiro atoms. The quantitative estimate of drug-likeness (QED) is 0.174. The van der Waals surface area contributed by atoms with Crippen LogP contribution >= 0.6 is 27.3 Å². The van der Waals surface area contributed by atoms with Gasteiger partial charge in [0.1, 0.15) is 12.4 Å². The Bertz CT molecular complexity index is 1970. The first-order valence-electron chi connectivity index (χ1n) is 14.6. The Morgan fingerprint density at radius 2 is 1.72 bits per heavy atom. The number of aromatic nitrogens is 1. The monoisotopic (exact) mass is 710 g/mol. The van der Waals surface area contributed by atoms with Gasteiger partial charge in [0.25, 0.3) is 5.56 Å². The fraction of sp³-hybridized carbons (Fsp3) is 0.265. The fourth-order valence-corrected chi connectivity index (χ4v) is 6.54. The molecule has 1 aliphatic heterocycles. The molecule has 5 rings (SSSR count). The van der Waals surface area contributed by atoms with Crippen molar-refractivity contribution < 1.29 is 32.9 Å². The average molecular weight is 712 g/mol. The number of ether oxygens (including phenoxy) is 5. The van der Waals surface area contributed by atoms with Gasteiger partial charge < -0.3 is 23.7 Å². The maximum atomic E-state index is 14.0. The number of methoxy groups -OCH3 is 1. The van der Waals surface area contributed by atoms with Crippen molar-refractivity contribution in [3.05, 3.63) is 113 Å². The van der Waals surface area contributed by atoms with Crippen LogP contribution in [0.2, 0.25) is 0 Å². The second-order valence-corrected chi connectivity index (χ2v) is 11.8. The minimum atomic E-state index is -0.815. The van der Waals surface area contributed by atoms with E-state index < -0.39 is 12.0 Å². The number of halogens is 2. The van der Waals surface area contributed by atoms with Gasteiger partial charge in [-0.2, -0.15) is 0 Å². The van der Waals surface area contributed by atoms with Crippen molar-refractivity contribution in [1.29, 1.82) is 0 Å². The number of esters is 1. The lowest BCUT2D eigenvalue weighted by molar-refractivity contribution is -0.136. The highest BCUT2D eigenvalue weighted by atomic mass is 79.9. The Labute approximate surface area is 277 Å². The fourth-order valence-electron chi connectivity index (χ4n) is 5.00. The number of fused-ring (bicyclic) bond motifs is 1. The summed E-state index contributed by atoms with van der Waals surface area (Å²) in [4.78, 5) is 31.8. The minimum Gasteiger partial charge on any atom is -0.490 e. The number of carbonyl (C=O) groups excluding carboxylic acids is 1. The number of hydrogen-bond donors (Lipinski definition) is 0. The summed E-state index contributed by atoms with van der Waals surface area (Å²) in [6.45, 7) is 6.95. The van der Waals surface area contributed by atoms with E-state index >= 15 is 0 Å². The van der Waals surface area contributed by atoms with E-state index in [2.05, 4.69) is 20.9 Å². The van der Waals surface area contributed by atoms with Crippen LogP contribution in [-0.2, 0) is 16.1 Å². The number of carbonyl (C=O) groups is 1. The Hall–Kier alpha value is -4.42. The van der Waals surface area contributed by atoms with Crippen molar-refractivity contribution in [3.8, 4) is 23.0 Å². The first-order chi connectivity index (χ1) is 22.3. The summed E-state index contributed by atoms with van der Waals surface area (Å²) in [5.74, 6) is 1.01. The van der Waals surface area contributed by atoms with E-state index in [-0.39, 0.29) is 23.6 Å².